The molecular formula is C26H20N5+. The Labute approximate surface area is 179 Å². The van der Waals surface area contributed by atoms with Crippen molar-refractivity contribution >= 4 is 46.4 Å². The molecule has 2 aliphatic heterocycles. The van der Waals surface area contributed by atoms with Crippen molar-refractivity contribution < 1.29 is 4.57 Å². The fraction of sp³-hybridized carbons (Fsp3) is 0.0385. The van der Waals surface area contributed by atoms with E-state index in [1.807, 2.05) is 48.1 Å². The van der Waals surface area contributed by atoms with E-state index in [0.29, 0.717) is 0 Å². The van der Waals surface area contributed by atoms with E-state index in [1.54, 1.807) is 0 Å². The summed E-state index contributed by atoms with van der Waals surface area (Å²) in [6.07, 6.45) is 12.2. The first kappa shape index (κ1) is 17.6. The standard InChI is InChI=1S/C26H19N5/c1-31-10-8-17(9-11-31)25-15-24-14-22-5-4-20(28-22)12-18-2-3-19(27-18)13-21-6-7-23(29-21)16-26(25)30-24/h2-16H,1H3,(H,27,28,29,30)/p+1. The molecular weight excluding hydrogens is 382 g/mol. The minimum atomic E-state index is 0.900. The van der Waals surface area contributed by atoms with Gasteiger partial charge in [-0.2, -0.15) is 0 Å². The van der Waals surface area contributed by atoms with Crippen molar-refractivity contribution in [2.45, 2.75) is 0 Å². The van der Waals surface area contributed by atoms with Crippen LogP contribution in [0.2, 0.25) is 0 Å². The van der Waals surface area contributed by atoms with Crippen LogP contribution in [0.3, 0.4) is 0 Å². The molecule has 0 saturated heterocycles. The van der Waals surface area contributed by atoms with Crippen LogP contribution in [0, 0.1) is 0 Å². The smallest absolute Gasteiger partial charge is 0.169 e. The molecule has 0 radical (unpaired) electrons. The van der Waals surface area contributed by atoms with Gasteiger partial charge in [0, 0.05) is 39.8 Å². The molecule has 2 N–H and O–H groups in total. The van der Waals surface area contributed by atoms with Crippen LogP contribution in [0.5, 0.6) is 0 Å². The van der Waals surface area contributed by atoms with Crippen LogP contribution < -0.4 is 4.57 Å². The van der Waals surface area contributed by atoms with Gasteiger partial charge in [0.25, 0.3) is 0 Å². The zero-order valence-electron chi connectivity index (χ0n) is 17.0. The SMILES string of the molecule is C[n+]1ccc(-c2cc3cc4ccc(cc5nc(cc6nc(cc2[nH]3)C=C6)C=C5)[nH]4)cc1. The number of nitrogens with one attached hydrogen (secondary N) is 2. The molecule has 4 aromatic heterocycles. The maximum absolute atomic E-state index is 4.77. The van der Waals surface area contributed by atoms with Gasteiger partial charge in [0.2, 0.25) is 0 Å². The number of aromatic nitrogens is 5. The largest absolute Gasteiger partial charge is 0.355 e. The first-order chi connectivity index (χ1) is 15.2. The zero-order valence-corrected chi connectivity index (χ0v) is 17.0. The molecule has 0 spiro atoms. The van der Waals surface area contributed by atoms with Crippen molar-refractivity contribution in [1.29, 1.82) is 0 Å². The Kier molecular flexibility index (Phi) is 3.93. The van der Waals surface area contributed by atoms with E-state index in [-0.39, 0.29) is 0 Å². The highest BCUT2D eigenvalue weighted by molar-refractivity contribution is 5.87. The molecule has 6 rings (SSSR count). The Balaban J connectivity index is 1.67. The highest BCUT2D eigenvalue weighted by Gasteiger charge is 2.08. The highest BCUT2D eigenvalue weighted by atomic mass is 14.9. The van der Waals surface area contributed by atoms with E-state index in [9.17, 15) is 0 Å². The van der Waals surface area contributed by atoms with Crippen molar-refractivity contribution in [1.82, 2.24) is 19.9 Å². The number of nitrogens with zero attached hydrogens (tertiary/aromatic N) is 3. The molecule has 0 aromatic carbocycles. The third kappa shape index (κ3) is 3.46. The van der Waals surface area contributed by atoms with E-state index >= 15 is 0 Å². The normalized spacial score (nSPS) is 12.4. The molecule has 0 saturated carbocycles. The molecule has 0 fully saturated rings. The first-order valence-corrected chi connectivity index (χ1v) is 10.2. The summed E-state index contributed by atoms with van der Waals surface area (Å²) in [5.74, 6) is 0. The van der Waals surface area contributed by atoms with Gasteiger partial charge < -0.3 is 9.97 Å². The van der Waals surface area contributed by atoms with Crippen LogP contribution >= 0.6 is 0 Å². The van der Waals surface area contributed by atoms with Gasteiger partial charge in [0.15, 0.2) is 12.4 Å². The quantitative estimate of drug-likeness (QED) is 0.374. The number of pyridine rings is 1. The summed E-state index contributed by atoms with van der Waals surface area (Å²) in [4.78, 5) is 16.5. The van der Waals surface area contributed by atoms with Crippen LogP contribution in [0.1, 0.15) is 22.8 Å². The molecule has 0 aliphatic carbocycles. The number of rotatable bonds is 1. The lowest BCUT2D eigenvalue weighted by molar-refractivity contribution is -0.671. The Morgan fingerprint density at radius 2 is 1.23 bits per heavy atom. The van der Waals surface area contributed by atoms with Crippen LogP contribution in [0.4, 0.5) is 0 Å². The molecule has 0 unspecified atom stereocenters. The van der Waals surface area contributed by atoms with Gasteiger partial charge in [-0.05, 0) is 72.3 Å². The highest BCUT2D eigenvalue weighted by Crippen LogP contribution is 2.27. The summed E-state index contributed by atoms with van der Waals surface area (Å²) in [7, 11) is 2.02. The molecule has 4 aromatic rings. The monoisotopic (exact) mass is 402 g/mol. The van der Waals surface area contributed by atoms with Gasteiger partial charge >= 0.3 is 0 Å². The van der Waals surface area contributed by atoms with Crippen LogP contribution in [-0.2, 0) is 7.05 Å². The molecule has 0 amide bonds. The number of fused-ring (bicyclic) bond motifs is 8. The van der Waals surface area contributed by atoms with Gasteiger partial charge in [-0.3, -0.25) is 0 Å². The van der Waals surface area contributed by atoms with Crippen LogP contribution in [0.15, 0.2) is 67.0 Å². The predicted molar refractivity (Wildman–Crippen MR) is 125 cm³/mol. The van der Waals surface area contributed by atoms with Crippen LogP contribution in [-0.4, -0.2) is 19.9 Å². The second-order valence-corrected chi connectivity index (χ2v) is 7.84. The van der Waals surface area contributed by atoms with Crippen molar-refractivity contribution in [3.05, 3.63) is 89.8 Å². The van der Waals surface area contributed by atoms with Crippen LogP contribution in [0.25, 0.3) is 57.5 Å². The third-order valence-electron chi connectivity index (χ3n) is 5.46. The molecule has 5 nitrogen and oxygen atoms in total. The summed E-state index contributed by atoms with van der Waals surface area (Å²) >= 11 is 0. The third-order valence-corrected chi connectivity index (χ3v) is 5.46. The van der Waals surface area contributed by atoms with Gasteiger partial charge in [0.1, 0.15) is 7.05 Å². The summed E-state index contributed by atoms with van der Waals surface area (Å²) in [5, 5.41) is 0. The molecule has 5 heteroatoms. The molecule has 6 heterocycles. The van der Waals surface area contributed by atoms with E-state index < -0.39 is 0 Å². The summed E-state index contributed by atoms with van der Waals surface area (Å²) in [5.41, 5.74) is 10.1. The van der Waals surface area contributed by atoms with Crippen molar-refractivity contribution in [3.8, 4) is 11.1 Å². The van der Waals surface area contributed by atoms with E-state index in [0.717, 1.165) is 56.0 Å². The average molecular weight is 402 g/mol. The van der Waals surface area contributed by atoms with Crippen molar-refractivity contribution in [3.63, 3.8) is 0 Å². The summed E-state index contributed by atoms with van der Waals surface area (Å²) in [6, 6.07) is 18.9. The maximum Gasteiger partial charge on any atom is 0.169 e. The number of aromatic amines is 2. The Morgan fingerprint density at radius 1 is 0.613 bits per heavy atom. The fourth-order valence-electron chi connectivity index (χ4n) is 3.94. The zero-order chi connectivity index (χ0) is 20.8. The lowest BCUT2D eigenvalue weighted by Gasteiger charge is -1.97. The van der Waals surface area contributed by atoms with Gasteiger partial charge in [-0.25, -0.2) is 14.5 Å². The molecule has 148 valence electrons. The van der Waals surface area contributed by atoms with E-state index in [4.69, 9.17) is 4.98 Å². The van der Waals surface area contributed by atoms with E-state index in [2.05, 4.69) is 69.8 Å². The van der Waals surface area contributed by atoms with E-state index in [1.165, 1.54) is 0 Å². The second kappa shape index (κ2) is 6.92. The molecule has 0 atom stereocenters. The topological polar surface area (TPSA) is 61.2 Å². The van der Waals surface area contributed by atoms with Crippen molar-refractivity contribution in [2.24, 2.45) is 7.05 Å². The molecule has 2 aliphatic rings. The predicted octanol–water partition coefficient (Wildman–Crippen LogP) is 5.15. The Morgan fingerprint density at radius 3 is 1.94 bits per heavy atom. The second-order valence-electron chi connectivity index (χ2n) is 7.84. The van der Waals surface area contributed by atoms with Crippen molar-refractivity contribution in [2.75, 3.05) is 0 Å². The summed E-state index contributed by atoms with van der Waals surface area (Å²) in [6.45, 7) is 0. The van der Waals surface area contributed by atoms with Gasteiger partial charge in [-0.1, -0.05) is 0 Å². The van der Waals surface area contributed by atoms with Gasteiger partial charge in [0.05, 0.1) is 22.8 Å². The number of aryl methyl sites for hydroxylation is 1. The lowest BCUT2D eigenvalue weighted by Crippen LogP contribution is -2.25. The lowest BCUT2D eigenvalue weighted by atomic mass is 10.1. The first-order valence-electron chi connectivity index (χ1n) is 10.2. The number of hydrogen-bond donors (Lipinski definition) is 2. The number of hydrogen-bond acceptors (Lipinski definition) is 2. The maximum atomic E-state index is 4.77. The Hall–Kier alpha value is -4.25. The van der Waals surface area contributed by atoms with Gasteiger partial charge in [-0.15, -0.1) is 0 Å². The Bertz CT molecular complexity index is 1530. The summed E-state index contributed by atoms with van der Waals surface area (Å²) < 4.78 is 2.04. The molecule has 31 heavy (non-hydrogen) atoms. The minimum absolute atomic E-state index is 0.900. The fourth-order valence-corrected chi connectivity index (χ4v) is 3.94. The molecule has 8 bridgehead atoms. The number of H-pyrrole nitrogens is 2. The average Bonchev–Trinajstić information content (AvgIpc) is 3.54. The minimum Gasteiger partial charge on any atom is -0.355 e.